The lowest BCUT2D eigenvalue weighted by Gasteiger charge is -2.07. The SMILES string of the molecule is O=C(Cc1cc(-c2ccccc2)on1)Nc1ccc(Oc2ccccc2)cc1. The van der Waals surface area contributed by atoms with Gasteiger partial charge in [0.05, 0.1) is 12.1 Å². The van der Waals surface area contributed by atoms with Gasteiger partial charge in [-0.3, -0.25) is 4.79 Å². The smallest absolute Gasteiger partial charge is 0.230 e. The summed E-state index contributed by atoms with van der Waals surface area (Å²) in [5.41, 5.74) is 2.20. The monoisotopic (exact) mass is 370 g/mol. The molecule has 0 saturated carbocycles. The second kappa shape index (κ2) is 8.22. The van der Waals surface area contributed by atoms with Crippen molar-refractivity contribution in [3.05, 3.63) is 96.7 Å². The van der Waals surface area contributed by atoms with Gasteiger partial charge in [-0.25, -0.2) is 0 Å². The van der Waals surface area contributed by atoms with Gasteiger partial charge in [-0.15, -0.1) is 0 Å². The van der Waals surface area contributed by atoms with E-state index in [4.69, 9.17) is 9.26 Å². The van der Waals surface area contributed by atoms with Gasteiger partial charge >= 0.3 is 0 Å². The number of amides is 1. The average molecular weight is 370 g/mol. The molecule has 0 radical (unpaired) electrons. The molecule has 4 aromatic rings. The Hall–Kier alpha value is -3.86. The van der Waals surface area contributed by atoms with Crippen molar-refractivity contribution in [1.82, 2.24) is 5.16 Å². The van der Waals surface area contributed by atoms with E-state index in [9.17, 15) is 4.79 Å². The third-order valence-corrected chi connectivity index (χ3v) is 4.08. The zero-order valence-electron chi connectivity index (χ0n) is 15.0. The summed E-state index contributed by atoms with van der Waals surface area (Å²) in [6.45, 7) is 0. The van der Waals surface area contributed by atoms with Crippen molar-refractivity contribution in [3.8, 4) is 22.8 Å². The zero-order valence-corrected chi connectivity index (χ0v) is 15.0. The van der Waals surface area contributed by atoms with Gasteiger partial charge in [0.25, 0.3) is 0 Å². The molecule has 1 heterocycles. The number of aromatic nitrogens is 1. The molecule has 0 saturated heterocycles. The van der Waals surface area contributed by atoms with Gasteiger partial charge in [0.1, 0.15) is 11.5 Å². The number of anilines is 1. The first kappa shape index (κ1) is 17.5. The van der Waals surface area contributed by atoms with Crippen LogP contribution in [0.1, 0.15) is 5.69 Å². The number of carbonyl (C=O) groups excluding carboxylic acids is 1. The molecule has 0 bridgehead atoms. The van der Waals surface area contributed by atoms with E-state index in [1.54, 1.807) is 18.2 Å². The molecule has 138 valence electrons. The Morgan fingerprint density at radius 3 is 2.21 bits per heavy atom. The lowest BCUT2D eigenvalue weighted by atomic mass is 10.1. The number of nitrogens with one attached hydrogen (secondary N) is 1. The largest absolute Gasteiger partial charge is 0.457 e. The van der Waals surface area contributed by atoms with Crippen molar-refractivity contribution < 1.29 is 14.1 Å². The van der Waals surface area contributed by atoms with E-state index in [-0.39, 0.29) is 12.3 Å². The first-order valence-electron chi connectivity index (χ1n) is 8.90. The number of hydrogen-bond donors (Lipinski definition) is 1. The van der Waals surface area contributed by atoms with Crippen LogP contribution in [0.25, 0.3) is 11.3 Å². The van der Waals surface area contributed by atoms with Crippen LogP contribution >= 0.6 is 0 Å². The average Bonchev–Trinajstić information content (AvgIpc) is 3.19. The molecule has 0 aliphatic rings. The molecule has 0 fully saturated rings. The maximum atomic E-state index is 12.3. The van der Waals surface area contributed by atoms with Gasteiger partial charge in [0, 0.05) is 17.3 Å². The number of nitrogens with zero attached hydrogens (tertiary/aromatic N) is 1. The summed E-state index contributed by atoms with van der Waals surface area (Å²) in [4.78, 5) is 12.3. The summed E-state index contributed by atoms with van der Waals surface area (Å²) in [5, 5.41) is 6.83. The lowest BCUT2D eigenvalue weighted by molar-refractivity contribution is -0.115. The highest BCUT2D eigenvalue weighted by Gasteiger charge is 2.11. The molecule has 0 aliphatic carbocycles. The fourth-order valence-electron chi connectivity index (χ4n) is 2.73. The number of para-hydroxylation sites is 1. The lowest BCUT2D eigenvalue weighted by Crippen LogP contribution is -2.14. The van der Waals surface area contributed by atoms with E-state index in [0.717, 1.165) is 11.3 Å². The predicted molar refractivity (Wildman–Crippen MR) is 107 cm³/mol. The van der Waals surface area contributed by atoms with E-state index >= 15 is 0 Å². The Morgan fingerprint density at radius 1 is 0.857 bits per heavy atom. The van der Waals surface area contributed by atoms with E-state index in [1.807, 2.05) is 72.8 Å². The minimum atomic E-state index is -0.162. The van der Waals surface area contributed by atoms with Gasteiger partial charge in [0.2, 0.25) is 5.91 Å². The zero-order chi connectivity index (χ0) is 19.2. The van der Waals surface area contributed by atoms with E-state index in [1.165, 1.54) is 0 Å². The minimum absolute atomic E-state index is 0.138. The fraction of sp³-hybridized carbons (Fsp3) is 0.0435. The van der Waals surface area contributed by atoms with Crippen molar-refractivity contribution in [3.63, 3.8) is 0 Å². The Balaban J connectivity index is 1.34. The highest BCUT2D eigenvalue weighted by atomic mass is 16.5. The van der Waals surface area contributed by atoms with Crippen LogP contribution in [0.4, 0.5) is 5.69 Å². The Labute approximate surface area is 162 Å². The van der Waals surface area contributed by atoms with Crippen LogP contribution in [0.2, 0.25) is 0 Å². The van der Waals surface area contributed by atoms with Gasteiger partial charge in [-0.05, 0) is 36.4 Å². The maximum absolute atomic E-state index is 12.3. The van der Waals surface area contributed by atoms with Crippen molar-refractivity contribution >= 4 is 11.6 Å². The number of hydrogen-bond acceptors (Lipinski definition) is 4. The van der Waals surface area contributed by atoms with Crippen LogP contribution in [-0.4, -0.2) is 11.1 Å². The van der Waals surface area contributed by atoms with Gasteiger partial charge in [-0.2, -0.15) is 0 Å². The number of benzene rings is 3. The molecule has 0 aliphatic heterocycles. The van der Waals surface area contributed by atoms with Crippen LogP contribution in [-0.2, 0) is 11.2 Å². The second-order valence-corrected chi connectivity index (χ2v) is 6.21. The summed E-state index contributed by atoms with van der Waals surface area (Å²) in [5.74, 6) is 1.95. The molecule has 1 amide bonds. The van der Waals surface area contributed by atoms with E-state index in [0.29, 0.717) is 22.9 Å². The Kier molecular flexibility index (Phi) is 5.15. The third kappa shape index (κ3) is 4.45. The van der Waals surface area contributed by atoms with Gasteiger partial charge in [-0.1, -0.05) is 53.7 Å². The topological polar surface area (TPSA) is 64.4 Å². The summed E-state index contributed by atoms with van der Waals surface area (Å²) in [6, 6.07) is 28.2. The molecular weight excluding hydrogens is 352 g/mol. The first-order chi connectivity index (χ1) is 13.8. The number of rotatable bonds is 6. The van der Waals surface area contributed by atoms with Crippen molar-refractivity contribution in [2.45, 2.75) is 6.42 Å². The molecule has 0 spiro atoms. The molecule has 5 heteroatoms. The highest BCUT2D eigenvalue weighted by molar-refractivity contribution is 5.92. The summed E-state index contributed by atoms with van der Waals surface area (Å²) in [6.07, 6.45) is 0.138. The quantitative estimate of drug-likeness (QED) is 0.499. The van der Waals surface area contributed by atoms with E-state index in [2.05, 4.69) is 10.5 Å². The summed E-state index contributed by atoms with van der Waals surface area (Å²) in [7, 11) is 0. The molecule has 4 rings (SSSR count). The number of ether oxygens (including phenoxy) is 1. The first-order valence-corrected chi connectivity index (χ1v) is 8.90. The molecule has 1 N–H and O–H groups in total. The summed E-state index contributed by atoms with van der Waals surface area (Å²) < 4.78 is 11.1. The van der Waals surface area contributed by atoms with Crippen LogP contribution in [0.3, 0.4) is 0 Å². The van der Waals surface area contributed by atoms with Crippen molar-refractivity contribution in [1.29, 1.82) is 0 Å². The molecule has 1 aromatic heterocycles. The Morgan fingerprint density at radius 2 is 1.50 bits per heavy atom. The van der Waals surface area contributed by atoms with Gasteiger partial charge in [0.15, 0.2) is 5.76 Å². The fourth-order valence-corrected chi connectivity index (χ4v) is 2.73. The van der Waals surface area contributed by atoms with Crippen molar-refractivity contribution in [2.75, 3.05) is 5.32 Å². The predicted octanol–water partition coefficient (Wildman–Crippen LogP) is 5.32. The molecule has 3 aromatic carbocycles. The molecule has 5 nitrogen and oxygen atoms in total. The molecule has 0 unspecified atom stereocenters. The minimum Gasteiger partial charge on any atom is -0.457 e. The van der Waals surface area contributed by atoms with Gasteiger partial charge < -0.3 is 14.6 Å². The maximum Gasteiger partial charge on any atom is 0.230 e. The molecule has 0 atom stereocenters. The standard InChI is InChI=1S/C23H18N2O3/c26-23(16-19-15-22(28-25-19)17-7-3-1-4-8-17)24-18-11-13-21(14-12-18)27-20-9-5-2-6-10-20/h1-15H,16H2,(H,24,26). The van der Waals surface area contributed by atoms with Crippen molar-refractivity contribution in [2.24, 2.45) is 0 Å². The second-order valence-electron chi connectivity index (χ2n) is 6.21. The normalized spacial score (nSPS) is 10.4. The van der Waals surface area contributed by atoms with Crippen LogP contribution in [0.5, 0.6) is 11.5 Å². The summed E-state index contributed by atoms with van der Waals surface area (Å²) >= 11 is 0. The van der Waals surface area contributed by atoms with E-state index < -0.39 is 0 Å². The van der Waals surface area contributed by atoms with Crippen LogP contribution in [0, 0.1) is 0 Å². The molecular formula is C23H18N2O3. The van der Waals surface area contributed by atoms with Crippen LogP contribution in [0.15, 0.2) is 95.5 Å². The third-order valence-electron chi connectivity index (χ3n) is 4.08. The molecule has 28 heavy (non-hydrogen) atoms. The highest BCUT2D eigenvalue weighted by Crippen LogP contribution is 2.23. The number of carbonyl (C=O) groups is 1. The van der Waals surface area contributed by atoms with Crippen LogP contribution < -0.4 is 10.1 Å². The Bertz CT molecular complexity index is 1040.